The van der Waals surface area contributed by atoms with Gasteiger partial charge in [0.15, 0.2) is 0 Å². The van der Waals surface area contributed by atoms with Crippen LogP contribution >= 0.6 is 23.2 Å². The highest BCUT2D eigenvalue weighted by atomic mass is 35.5. The molecule has 1 saturated heterocycles. The number of hydrogen-bond donors (Lipinski definition) is 2. The van der Waals surface area contributed by atoms with Crippen LogP contribution in [0.4, 0.5) is 5.69 Å². The van der Waals surface area contributed by atoms with Crippen molar-refractivity contribution in [1.82, 2.24) is 5.32 Å². The maximum absolute atomic E-state index is 11.9. The lowest BCUT2D eigenvalue weighted by Gasteiger charge is -2.23. The van der Waals surface area contributed by atoms with Crippen molar-refractivity contribution < 1.29 is 14.3 Å². The summed E-state index contributed by atoms with van der Waals surface area (Å²) in [5.41, 5.74) is 6.24. The fourth-order valence-electron chi connectivity index (χ4n) is 1.68. The molecule has 1 aliphatic heterocycles. The molecule has 1 fully saturated rings. The van der Waals surface area contributed by atoms with Gasteiger partial charge < -0.3 is 20.5 Å². The van der Waals surface area contributed by atoms with Crippen molar-refractivity contribution in [1.29, 1.82) is 0 Å². The summed E-state index contributed by atoms with van der Waals surface area (Å²) in [6.07, 6.45) is -0.127. The molecule has 0 aromatic heterocycles. The van der Waals surface area contributed by atoms with Crippen LogP contribution in [0, 0.1) is 0 Å². The van der Waals surface area contributed by atoms with Gasteiger partial charge in [0.1, 0.15) is 0 Å². The Bertz CT molecular complexity index is 453. The van der Waals surface area contributed by atoms with Gasteiger partial charge in [0.25, 0.3) is 5.91 Å². The lowest BCUT2D eigenvalue weighted by atomic mass is 10.2. The molecule has 0 bridgehead atoms. The number of nitrogen functional groups attached to an aromatic ring is 1. The number of halogens is 2. The number of nitrogens with one attached hydrogen (secondary N) is 1. The minimum Gasteiger partial charge on any atom is -0.396 e. The lowest BCUT2D eigenvalue weighted by Crippen LogP contribution is -2.39. The maximum atomic E-state index is 11.9. The highest BCUT2D eigenvalue weighted by molar-refractivity contribution is 6.39. The van der Waals surface area contributed by atoms with E-state index in [1.165, 1.54) is 12.1 Å². The van der Waals surface area contributed by atoms with Crippen LogP contribution in [0.25, 0.3) is 0 Å². The molecule has 1 atom stereocenters. The monoisotopic (exact) mass is 304 g/mol. The summed E-state index contributed by atoms with van der Waals surface area (Å²) in [6, 6.07) is 2.96. The Balaban J connectivity index is 1.96. The molecular formula is C12H14Cl2N2O3. The number of hydrogen-bond acceptors (Lipinski definition) is 4. The van der Waals surface area contributed by atoms with Gasteiger partial charge in [0.2, 0.25) is 0 Å². The number of ether oxygens (including phenoxy) is 2. The molecule has 0 saturated carbocycles. The molecule has 5 nitrogen and oxygen atoms in total. The zero-order valence-electron chi connectivity index (χ0n) is 10.1. The Labute approximate surface area is 121 Å². The van der Waals surface area contributed by atoms with Gasteiger partial charge in [0.05, 0.1) is 41.7 Å². The van der Waals surface area contributed by atoms with Crippen LogP contribution in [0.15, 0.2) is 12.1 Å². The normalized spacial score (nSPS) is 19.2. The van der Waals surface area contributed by atoms with Crippen LogP contribution in [-0.2, 0) is 9.47 Å². The third kappa shape index (κ3) is 3.73. The summed E-state index contributed by atoms with van der Waals surface area (Å²) >= 11 is 11.8. The van der Waals surface area contributed by atoms with Gasteiger partial charge in [-0.3, -0.25) is 4.79 Å². The summed E-state index contributed by atoms with van der Waals surface area (Å²) in [5.74, 6) is -0.280. The average molecular weight is 305 g/mol. The third-order valence-corrected chi connectivity index (χ3v) is 3.34. The van der Waals surface area contributed by atoms with Crippen LogP contribution in [0.3, 0.4) is 0 Å². The van der Waals surface area contributed by atoms with Crippen molar-refractivity contribution in [3.05, 3.63) is 27.7 Å². The van der Waals surface area contributed by atoms with Crippen LogP contribution in [0.2, 0.25) is 10.0 Å². The van der Waals surface area contributed by atoms with E-state index in [1.54, 1.807) is 0 Å². The standard InChI is InChI=1S/C12H14Cl2N2O3/c13-9-3-7(4-10(14)11(9)15)12(17)16-5-8-6-18-1-2-19-8/h3-4,8H,1-2,5-6,15H2,(H,16,17). The van der Waals surface area contributed by atoms with E-state index in [0.717, 1.165) is 0 Å². The second-order valence-corrected chi connectivity index (χ2v) is 4.95. The number of nitrogens with two attached hydrogens (primary N) is 1. The largest absolute Gasteiger partial charge is 0.396 e. The molecule has 0 radical (unpaired) electrons. The Hall–Kier alpha value is -1.01. The first-order chi connectivity index (χ1) is 9.08. The SMILES string of the molecule is Nc1c(Cl)cc(C(=O)NCC2COCCO2)cc1Cl. The Kier molecular flexibility index (Phi) is 4.87. The molecule has 0 spiro atoms. The first kappa shape index (κ1) is 14.4. The molecule has 7 heteroatoms. The molecule has 3 N–H and O–H groups in total. The molecule has 1 heterocycles. The number of carbonyl (C=O) groups is 1. The number of carbonyl (C=O) groups excluding carboxylic acids is 1. The van der Waals surface area contributed by atoms with Gasteiger partial charge in [-0.2, -0.15) is 0 Å². The van der Waals surface area contributed by atoms with E-state index in [0.29, 0.717) is 31.9 Å². The minimum absolute atomic E-state index is 0.127. The topological polar surface area (TPSA) is 73.6 Å². The fourth-order valence-corrected chi connectivity index (χ4v) is 2.17. The van der Waals surface area contributed by atoms with Gasteiger partial charge >= 0.3 is 0 Å². The summed E-state index contributed by atoms with van der Waals surface area (Å²) in [5, 5.41) is 3.26. The molecule has 1 amide bonds. The summed E-state index contributed by atoms with van der Waals surface area (Å²) in [4.78, 5) is 11.9. The Morgan fingerprint density at radius 3 is 2.63 bits per heavy atom. The van der Waals surface area contributed by atoms with Gasteiger partial charge in [0, 0.05) is 12.1 Å². The maximum Gasteiger partial charge on any atom is 0.251 e. The van der Waals surface area contributed by atoms with Crippen LogP contribution < -0.4 is 11.1 Å². The van der Waals surface area contributed by atoms with Crippen molar-refractivity contribution in [2.45, 2.75) is 6.10 Å². The number of rotatable bonds is 3. The van der Waals surface area contributed by atoms with E-state index in [4.69, 9.17) is 38.4 Å². The summed E-state index contributed by atoms with van der Waals surface area (Å²) in [7, 11) is 0. The summed E-state index contributed by atoms with van der Waals surface area (Å²) < 4.78 is 10.7. The van der Waals surface area contributed by atoms with Crippen molar-refractivity contribution >= 4 is 34.8 Å². The van der Waals surface area contributed by atoms with E-state index in [-0.39, 0.29) is 27.7 Å². The van der Waals surface area contributed by atoms with Gasteiger partial charge in [-0.25, -0.2) is 0 Å². The third-order valence-electron chi connectivity index (χ3n) is 2.72. The first-order valence-corrected chi connectivity index (χ1v) is 6.55. The highest BCUT2D eigenvalue weighted by Gasteiger charge is 2.16. The molecule has 1 unspecified atom stereocenters. The van der Waals surface area contributed by atoms with Crippen molar-refractivity contribution in [2.75, 3.05) is 32.1 Å². The Morgan fingerprint density at radius 1 is 1.37 bits per heavy atom. The summed E-state index contributed by atoms with van der Waals surface area (Å²) in [6.45, 7) is 1.98. The second kappa shape index (κ2) is 6.43. The molecule has 1 aromatic rings. The molecule has 1 aliphatic rings. The molecule has 1 aromatic carbocycles. The molecule has 2 rings (SSSR count). The fraction of sp³-hybridized carbons (Fsp3) is 0.417. The predicted octanol–water partition coefficient (Wildman–Crippen LogP) is 1.72. The zero-order chi connectivity index (χ0) is 13.8. The second-order valence-electron chi connectivity index (χ2n) is 4.13. The van der Waals surface area contributed by atoms with Crippen molar-refractivity contribution in [2.24, 2.45) is 0 Å². The average Bonchev–Trinajstić information content (AvgIpc) is 2.42. The number of anilines is 1. The Morgan fingerprint density at radius 2 is 2.05 bits per heavy atom. The molecular weight excluding hydrogens is 291 g/mol. The van der Waals surface area contributed by atoms with E-state index < -0.39 is 0 Å². The molecule has 0 aliphatic carbocycles. The highest BCUT2D eigenvalue weighted by Crippen LogP contribution is 2.28. The zero-order valence-corrected chi connectivity index (χ0v) is 11.6. The van der Waals surface area contributed by atoms with E-state index in [1.807, 2.05) is 0 Å². The molecule has 104 valence electrons. The number of amides is 1. The molecule has 19 heavy (non-hydrogen) atoms. The van der Waals surface area contributed by atoms with E-state index in [2.05, 4.69) is 5.32 Å². The first-order valence-electron chi connectivity index (χ1n) is 5.80. The number of benzene rings is 1. The van der Waals surface area contributed by atoms with Crippen molar-refractivity contribution in [3.8, 4) is 0 Å². The van der Waals surface area contributed by atoms with Gasteiger partial charge in [-0.1, -0.05) is 23.2 Å². The smallest absolute Gasteiger partial charge is 0.251 e. The van der Waals surface area contributed by atoms with Gasteiger partial charge in [-0.05, 0) is 12.1 Å². The van der Waals surface area contributed by atoms with E-state index >= 15 is 0 Å². The van der Waals surface area contributed by atoms with Crippen LogP contribution in [-0.4, -0.2) is 38.4 Å². The predicted molar refractivity (Wildman–Crippen MR) is 73.8 cm³/mol. The van der Waals surface area contributed by atoms with Crippen LogP contribution in [0.5, 0.6) is 0 Å². The van der Waals surface area contributed by atoms with Crippen LogP contribution in [0.1, 0.15) is 10.4 Å². The minimum atomic E-state index is -0.280. The van der Waals surface area contributed by atoms with Gasteiger partial charge in [-0.15, -0.1) is 0 Å². The van der Waals surface area contributed by atoms with Crippen molar-refractivity contribution in [3.63, 3.8) is 0 Å². The van der Waals surface area contributed by atoms with E-state index in [9.17, 15) is 4.79 Å². The lowest BCUT2D eigenvalue weighted by molar-refractivity contribution is -0.0855. The quantitative estimate of drug-likeness (QED) is 0.834.